The molecule has 0 fully saturated rings. The molecule has 0 aliphatic rings. The minimum Gasteiger partial charge on any atom is -0.308 e. The predicted molar refractivity (Wildman–Crippen MR) is 129 cm³/mol. The molecule has 0 aliphatic heterocycles. The summed E-state index contributed by atoms with van der Waals surface area (Å²) in [5, 5.41) is 1.47. The fraction of sp³-hybridized carbons (Fsp3) is 0.333. The molecule has 29 heavy (non-hydrogen) atoms. The van der Waals surface area contributed by atoms with E-state index in [4.69, 9.17) is 16.6 Å². The summed E-state index contributed by atoms with van der Waals surface area (Å²) >= 11 is 9.05. The summed E-state index contributed by atoms with van der Waals surface area (Å²) in [6, 6.07) is 13.9. The van der Waals surface area contributed by atoms with Gasteiger partial charge in [0, 0.05) is 23.0 Å². The molecule has 156 valence electrons. The van der Waals surface area contributed by atoms with E-state index < -0.39 is 0 Å². The second kappa shape index (κ2) is 11.2. The Bertz CT molecular complexity index is 945. The summed E-state index contributed by atoms with van der Waals surface area (Å²) in [5.74, 6) is 0.433. The van der Waals surface area contributed by atoms with Gasteiger partial charge >= 0.3 is 0 Å². The Morgan fingerprint density at radius 3 is 2.52 bits per heavy atom. The third kappa shape index (κ3) is 6.59. The minimum absolute atomic E-state index is 0. The van der Waals surface area contributed by atoms with Gasteiger partial charge in [-0.1, -0.05) is 35.9 Å². The number of amides is 1. The van der Waals surface area contributed by atoms with Crippen LogP contribution in [0.2, 0.25) is 5.02 Å². The fourth-order valence-electron chi connectivity index (χ4n) is 2.67. The van der Waals surface area contributed by atoms with Crippen LogP contribution in [-0.4, -0.2) is 48.7 Å². The molecule has 0 atom stereocenters. The maximum atomic E-state index is 13.0. The van der Waals surface area contributed by atoms with Gasteiger partial charge in [-0.15, -0.1) is 24.2 Å². The van der Waals surface area contributed by atoms with Crippen LogP contribution in [-0.2, 0) is 11.2 Å². The molecule has 0 saturated carbocycles. The van der Waals surface area contributed by atoms with E-state index in [1.807, 2.05) is 49.3 Å². The molecule has 0 unspecified atom stereocenters. The highest BCUT2D eigenvalue weighted by atomic mass is 35.5. The van der Waals surface area contributed by atoms with Crippen molar-refractivity contribution in [3.05, 3.63) is 53.1 Å². The van der Waals surface area contributed by atoms with Crippen molar-refractivity contribution in [2.24, 2.45) is 0 Å². The van der Waals surface area contributed by atoms with Crippen LogP contribution in [0.4, 0.5) is 5.13 Å². The number of halogens is 2. The van der Waals surface area contributed by atoms with Gasteiger partial charge in [0.1, 0.15) is 0 Å². The second-order valence-electron chi connectivity index (χ2n) is 6.74. The molecule has 1 amide bonds. The molecule has 1 heterocycles. The van der Waals surface area contributed by atoms with Crippen LogP contribution in [0.3, 0.4) is 0 Å². The number of benzene rings is 2. The summed E-state index contributed by atoms with van der Waals surface area (Å²) in [6.07, 6.45) is 0.990. The Hall–Kier alpha value is -1.31. The minimum atomic E-state index is 0. The lowest BCUT2D eigenvalue weighted by atomic mass is 10.2. The van der Waals surface area contributed by atoms with Crippen molar-refractivity contribution in [1.82, 2.24) is 9.88 Å². The number of carbonyl (C=O) groups is 1. The molecule has 0 spiro atoms. The predicted octanol–water partition coefficient (Wildman–Crippen LogP) is 5.62. The quantitative estimate of drug-likeness (QED) is 0.401. The Balaban J connectivity index is 0.00000300. The van der Waals surface area contributed by atoms with E-state index in [9.17, 15) is 4.79 Å². The zero-order valence-electron chi connectivity index (χ0n) is 16.7. The molecule has 3 aromatic rings. The normalized spacial score (nSPS) is 10.9. The summed E-state index contributed by atoms with van der Waals surface area (Å²) in [5.41, 5.74) is 2.23. The number of thiazole rings is 1. The Morgan fingerprint density at radius 2 is 1.86 bits per heavy atom. The van der Waals surface area contributed by atoms with Crippen molar-refractivity contribution in [3.8, 4) is 0 Å². The van der Waals surface area contributed by atoms with Gasteiger partial charge in [-0.2, -0.15) is 0 Å². The first-order chi connectivity index (χ1) is 13.5. The van der Waals surface area contributed by atoms with Crippen molar-refractivity contribution in [2.75, 3.05) is 37.8 Å². The largest absolute Gasteiger partial charge is 0.308 e. The number of likely N-dealkylation sites (N-methyl/N-ethyl adjacent to an activating group) is 1. The SMILES string of the molecule is CCc1ccc2nc(N(CCN(C)C)C(=O)CSc3ccc(Cl)cc3)sc2c1.Cl. The highest BCUT2D eigenvalue weighted by Crippen LogP contribution is 2.30. The Labute approximate surface area is 191 Å². The van der Waals surface area contributed by atoms with Crippen LogP contribution in [0.5, 0.6) is 0 Å². The molecular formula is C21H25Cl2N3OS2. The molecule has 2 aromatic carbocycles. The van der Waals surface area contributed by atoms with Gasteiger partial charge < -0.3 is 4.90 Å². The number of anilines is 1. The highest BCUT2D eigenvalue weighted by molar-refractivity contribution is 8.00. The number of fused-ring (bicyclic) bond motifs is 1. The van der Waals surface area contributed by atoms with E-state index in [1.165, 1.54) is 17.3 Å². The molecule has 0 aliphatic carbocycles. The number of carbonyl (C=O) groups excluding carboxylic acids is 1. The van der Waals surface area contributed by atoms with Crippen molar-refractivity contribution in [2.45, 2.75) is 18.2 Å². The van der Waals surface area contributed by atoms with Gasteiger partial charge in [0.15, 0.2) is 5.13 Å². The molecule has 0 saturated heterocycles. The van der Waals surface area contributed by atoms with Gasteiger partial charge in [0.05, 0.1) is 16.0 Å². The lowest BCUT2D eigenvalue weighted by Gasteiger charge is -2.21. The first-order valence-corrected chi connectivity index (χ1v) is 11.4. The third-order valence-electron chi connectivity index (χ3n) is 4.33. The first-order valence-electron chi connectivity index (χ1n) is 9.19. The zero-order valence-corrected chi connectivity index (χ0v) is 19.9. The van der Waals surface area contributed by atoms with Gasteiger partial charge in [-0.3, -0.25) is 9.69 Å². The van der Waals surface area contributed by atoms with Crippen LogP contribution in [0, 0.1) is 0 Å². The van der Waals surface area contributed by atoms with E-state index >= 15 is 0 Å². The molecule has 0 bridgehead atoms. The van der Waals surface area contributed by atoms with Crippen molar-refractivity contribution in [1.29, 1.82) is 0 Å². The third-order valence-corrected chi connectivity index (χ3v) is 6.62. The van der Waals surface area contributed by atoms with E-state index in [0.717, 1.165) is 33.2 Å². The Morgan fingerprint density at radius 1 is 1.14 bits per heavy atom. The monoisotopic (exact) mass is 469 g/mol. The smallest absolute Gasteiger partial charge is 0.239 e. The lowest BCUT2D eigenvalue weighted by molar-refractivity contribution is -0.116. The number of rotatable bonds is 8. The molecule has 0 radical (unpaired) electrons. The second-order valence-corrected chi connectivity index (χ2v) is 9.24. The van der Waals surface area contributed by atoms with E-state index in [0.29, 0.717) is 17.3 Å². The number of nitrogens with zero attached hydrogens (tertiary/aromatic N) is 3. The average Bonchev–Trinajstić information content (AvgIpc) is 3.10. The van der Waals surface area contributed by atoms with Crippen molar-refractivity contribution >= 4 is 68.4 Å². The molecule has 3 rings (SSSR count). The van der Waals surface area contributed by atoms with E-state index in [2.05, 4.69) is 24.0 Å². The van der Waals surface area contributed by atoms with Gasteiger partial charge in [-0.05, 0) is 62.5 Å². The van der Waals surface area contributed by atoms with Gasteiger partial charge in [0.2, 0.25) is 5.91 Å². The topological polar surface area (TPSA) is 36.4 Å². The summed E-state index contributed by atoms with van der Waals surface area (Å²) in [4.78, 5) is 22.7. The van der Waals surface area contributed by atoms with Gasteiger partial charge in [0.25, 0.3) is 0 Å². The van der Waals surface area contributed by atoms with Crippen molar-refractivity contribution in [3.63, 3.8) is 0 Å². The lowest BCUT2D eigenvalue weighted by Crippen LogP contribution is -2.37. The van der Waals surface area contributed by atoms with Crippen LogP contribution < -0.4 is 4.90 Å². The summed E-state index contributed by atoms with van der Waals surface area (Å²) in [6.45, 7) is 3.55. The number of aryl methyl sites for hydroxylation is 1. The van der Waals surface area contributed by atoms with Crippen molar-refractivity contribution < 1.29 is 4.79 Å². The number of hydrogen-bond acceptors (Lipinski definition) is 5. The number of hydrogen-bond donors (Lipinski definition) is 0. The standard InChI is InChI=1S/C21H24ClN3OS2.ClH/c1-4-15-5-10-18-19(13-15)28-21(23-18)25(12-11-24(2)3)20(26)14-27-17-8-6-16(22)7-9-17;/h5-10,13H,4,11-12,14H2,1-3H3;1H. The Kier molecular flexibility index (Phi) is 9.24. The maximum absolute atomic E-state index is 13.0. The number of thioether (sulfide) groups is 1. The molecule has 1 aromatic heterocycles. The molecule has 4 nitrogen and oxygen atoms in total. The zero-order chi connectivity index (χ0) is 20.1. The van der Waals surface area contributed by atoms with Crippen LogP contribution >= 0.6 is 47.1 Å². The molecule has 8 heteroatoms. The summed E-state index contributed by atoms with van der Waals surface area (Å²) < 4.78 is 1.13. The van der Waals surface area contributed by atoms with Gasteiger partial charge in [-0.25, -0.2) is 4.98 Å². The highest BCUT2D eigenvalue weighted by Gasteiger charge is 2.20. The number of aromatic nitrogens is 1. The first kappa shape index (κ1) is 24.0. The summed E-state index contributed by atoms with van der Waals surface area (Å²) in [7, 11) is 4.02. The fourth-order valence-corrected chi connectivity index (χ4v) is 4.65. The van der Waals surface area contributed by atoms with E-state index in [-0.39, 0.29) is 18.3 Å². The average molecular weight is 470 g/mol. The molecular weight excluding hydrogens is 445 g/mol. The van der Waals surface area contributed by atoms with Crippen LogP contribution in [0.15, 0.2) is 47.4 Å². The maximum Gasteiger partial charge on any atom is 0.239 e. The molecule has 0 N–H and O–H groups in total. The van der Waals surface area contributed by atoms with E-state index in [1.54, 1.807) is 11.3 Å². The van der Waals surface area contributed by atoms with Crippen LogP contribution in [0.25, 0.3) is 10.2 Å². The van der Waals surface area contributed by atoms with Crippen LogP contribution in [0.1, 0.15) is 12.5 Å².